The lowest BCUT2D eigenvalue weighted by atomic mass is 10.1. The zero-order chi connectivity index (χ0) is 12.0. The van der Waals surface area contributed by atoms with Gasteiger partial charge in [0.2, 0.25) is 0 Å². The van der Waals surface area contributed by atoms with Crippen LogP contribution in [0.5, 0.6) is 0 Å². The van der Waals surface area contributed by atoms with Crippen LogP contribution in [0.3, 0.4) is 0 Å². The molecule has 1 rings (SSSR count). The highest BCUT2D eigenvalue weighted by Gasteiger charge is 2.10. The minimum atomic E-state index is 0.509. The number of aromatic nitrogens is 2. The molecule has 0 bridgehead atoms. The Kier molecular flexibility index (Phi) is 5.49. The summed E-state index contributed by atoms with van der Waals surface area (Å²) in [5.41, 5.74) is 1.31. The zero-order valence-corrected chi connectivity index (χ0v) is 10.9. The van der Waals surface area contributed by atoms with Crippen molar-refractivity contribution in [1.82, 2.24) is 20.0 Å². The minimum absolute atomic E-state index is 0.509. The molecular weight excluding hydrogens is 200 g/mol. The molecule has 92 valence electrons. The smallest absolute Gasteiger partial charge is 0.0522 e. The maximum Gasteiger partial charge on any atom is 0.0522 e. The lowest BCUT2D eigenvalue weighted by Crippen LogP contribution is -2.39. The molecule has 1 unspecified atom stereocenters. The van der Waals surface area contributed by atoms with Gasteiger partial charge in [-0.15, -0.1) is 0 Å². The van der Waals surface area contributed by atoms with Crippen LogP contribution in [-0.2, 0) is 13.0 Å². The first-order chi connectivity index (χ1) is 7.65. The van der Waals surface area contributed by atoms with Crippen molar-refractivity contribution < 1.29 is 0 Å². The molecule has 1 atom stereocenters. The molecule has 0 fully saturated rings. The van der Waals surface area contributed by atoms with Gasteiger partial charge in [-0.25, -0.2) is 0 Å². The Labute approximate surface area is 98.6 Å². The van der Waals surface area contributed by atoms with Crippen LogP contribution in [0, 0.1) is 0 Å². The number of nitrogens with one attached hydrogen (secondary N) is 1. The summed E-state index contributed by atoms with van der Waals surface area (Å²) < 4.78 is 1.98. The molecule has 1 N–H and O–H groups in total. The van der Waals surface area contributed by atoms with Gasteiger partial charge in [-0.1, -0.05) is 6.92 Å². The molecule has 0 aliphatic heterocycles. The Morgan fingerprint density at radius 1 is 1.44 bits per heavy atom. The van der Waals surface area contributed by atoms with E-state index < -0.39 is 0 Å². The van der Waals surface area contributed by atoms with Crippen LogP contribution in [0.2, 0.25) is 0 Å². The van der Waals surface area contributed by atoms with Crippen molar-refractivity contribution in [2.24, 2.45) is 0 Å². The molecule has 0 amide bonds. The van der Waals surface area contributed by atoms with E-state index in [4.69, 9.17) is 0 Å². The molecule has 0 aliphatic carbocycles. The third-order valence-corrected chi connectivity index (χ3v) is 2.57. The predicted molar refractivity (Wildman–Crippen MR) is 67.6 cm³/mol. The van der Waals surface area contributed by atoms with Gasteiger partial charge in [-0.3, -0.25) is 4.68 Å². The molecular formula is C12H24N4. The predicted octanol–water partition coefficient (Wildman–Crippen LogP) is 0.985. The second-order valence-corrected chi connectivity index (χ2v) is 4.43. The lowest BCUT2D eigenvalue weighted by Gasteiger charge is -2.21. The van der Waals surface area contributed by atoms with Crippen LogP contribution in [-0.4, -0.2) is 47.9 Å². The number of aryl methyl sites for hydroxylation is 1. The Hall–Kier alpha value is -0.870. The van der Waals surface area contributed by atoms with Crippen LogP contribution in [0.25, 0.3) is 0 Å². The van der Waals surface area contributed by atoms with Crippen LogP contribution in [0.4, 0.5) is 0 Å². The van der Waals surface area contributed by atoms with E-state index in [1.54, 1.807) is 0 Å². The molecule has 4 nitrogen and oxygen atoms in total. The lowest BCUT2D eigenvalue weighted by molar-refractivity contribution is 0.339. The quantitative estimate of drug-likeness (QED) is 0.749. The van der Waals surface area contributed by atoms with Gasteiger partial charge in [0, 0.05) is 25.3 Å². The molecule has 4 heteroatoms. The molecule has 1 heterocycles. The van der Waals surface area contributed by atoms with Crippen molar-refractivity contribution in [3.05, 3.63) is 18.0 Å². The summed E-state index contributed by atoms with van der Waals surface area (Å²) in [5, 5.41) is 7.81. The highest BCUT2D eigenvalue weighted by atomic mass is 15.3. The van der Waals surface area contributed by atoms with Gasteiger partial charge in [0.25, 0.3) is 0 Å². The van der Waals surface area contributed by atoms with Gasteiger partial charge in [0.15, 0.2) is 0 Å². The molecule has 0 saturated heterocycles. The van der Waals surface area contributed by atoms with E-state index in [9.17, 15) is 0 Å². The SMILES string of the molecule is CCNC(Cc1cnn(CC)c1)CN(C)C. The summed E-state index contributed by atoms with van der Waals surface area (Å²) in [6, 6.07) is 0.509. The minimum Gasteiger partial charge on any atom is -0.313 e. The third kappa shape index (κ3) is 4.33. The summed E-state index contributed by atoms with van der Waals surface area (Å²) in [4.78, 5) is 2.22. The highest BCUT2D eigenvalue weighted by Crippen LogP contribution is 2.03. The van der Waals surface area contributed by atoms with E-state index in [1.807, 2.05) is 10.9 Å². The molecule has 0 aromatic carbocycles. The van der Waals surface area contributed by atoms with E-state index in [0.717, 1.165) is 26.1 Å². The summed E-state index contributed by atoms with van der Waals surface area (Å²) in [6.45, 7) is 7.28. The molecule has 0 radical (unpaired) electrons. The van der Waals surface area contributed by atoms with E-state index in [0.29, 0.717) is 6.04 Å². The Balaban J connectivity index is 2.52. The van der Waals surface area contributed by atoms with Crippen molar-refractivity contribution in [3.8, 4) is 0 Å². The molecule has 0 saturated carbocycles. The first-order valence-corrected chi connectivity index (χ1v) is 6.05. The number of hydrogen-bond acceptors (Lipinski definition) is 3. The largest absolute Gasteiger partial charge is 0.313 e. The van der Waals surface area contributed by atoms with Gasteiger partial charge >= 0.3 is 0 Å². The third-order valence-electron chi connectivity index (χ3n) is 2.57. The number of likely N-dealkylation sites (N-methyl/N-ethyl adjacent to an activating group) is 2. The number of rotatable bonds is 7. The fourth-order valence-corrected chi connectivity index (χ4v) is 1.90. The Bertz CT molecular complexity index is 293. The zero-order valence-electron chi connectivity index (χ0n) is 10.9. The summed E-state index contributed by atoms with van der Waals surface area (Å²) in [6.07, 6.45) is 5.16. The molecule has 1 aromatic rings. The summed E-state index contributed by atoms with van der Waals surface area (Å²) in [7, 11) is 4.22. The van der Waals surface area contributed by atoms with E-state index >= 15 is 0 Å². The van der Waals surface area contributed by atoms with Gasteiger partial charge < -0.3 is 10.2 Å². The molecule has 1 aromatic heterocycles. The summed E-state index contributed by atoms with van der Waals surface area (Å²) in [5.74, 6) is 0. The van der Waals surface area contributed by atoms with Crippen molar-refractivity contribution in [2.75, 3.05) is 27.2 Å². The fraction of sp³-hybridized carbons (Fsp3) is 0.750. The highest BCUT2D eigenvalue weighted by molar-refractivity contribution is 5.06. The average molecular weight is 224 g/mol. The van der Waals surface area contributed by atoms with Crippen LogP contribution in [0.15, 0.2) is 12.4 Å². The van der Waals surface area contributed by atoms with Crippen LogP contribution in [0.1, 0.15) is 19.4 Å². The van der Waals surface area contributed by atoms with Crippen molar-refractivity contribution in [1.29, 1.82) is 0 Å². The van der Waals surface area contributed by atoms with E-state index in [1.165, 1.54) is 5.56 Å². The van der Waals surface area contributed by atoms with Crippen molar-refractivity contribution in [2.45, 2.75) is 32.9 Å². The molecule has 0 aliphatic rings. The van der Waals surface area contributed by atoms with Crippen molar-refractivity contribution in [3.63, 3.8) is 0 Å². The number of nitrogens with zero attached hydrogens (tertiary/aromatic N) is 3. The van der Waals surface area contributed by atoms with Crippen LogP contribution < -0.4 is 5.32 Å². The fourth-order valence-electron chi connectivity index (χ4n) is 1.90. The standard InChI is InChI=1S/C12H24N4/c1-5-13-12(10-15(3)4)7-11-8-14-16(6-2)9-11/h8-9,12-13H,5-7,10H2,1-4H3. The second kappa shape index (κ2) is 6.66. The van der Waals surface area contributed by atoms with Gasteiger partial charge in [-0.05, 0) is 39.5 Å². The first kappa shape index (κ1) is 13.2. The number of hydrogen-bond donors (Lipinski definition) is 1. The second-order valence-electron chi connectivity index (χ2n) is 4.43. The monoisotopic (exact) mass is 224 g/mol. The maximum atomic E-state index is 4.30. The van der Waals surface area contributed by atoms with Gasteiger partial charge in [0.1, 0.15) is 0 Å². The molecule has 0 spiro atoms. The van der Waals surface area contributed by atoms with Gasteiger partial charge in [-0.2, -0.15) is 5.10 Å². The summed E-state index contributed by atoms with van der Waals surface area (Å²) >= 11 is 0. The van der Waals surface area contributed by atoms with E-state index in [2.05, 4.69) is 49.5 Å². The Morgan fingerprint density at radius 2 is 2.19 bits per heavy atom. The average Bonchev–Trinajstić information content (AvgIpc) is 2.65. The maximum absolute atomic E-state index is 4.30. The van der Waals surface area contributed by atoms with E-state index in [-0.39, 0.29) is 0 Å². The topological polar surface area (TPSA) is 33.1 Å². The normalized spacial score (nSPS) is 13.3. The van der Waals surface area contributed by atoms with Gasteiger partial charge in [0.05, 0.1) is 6.20 Å². The Morgan fingerprint density at radius 3 is 2.69 bits per heavy atom. The molecule has 16 heavy (non-hydrogen) atoms. The van der Waals surface area contributed by atoms with Crippen LogP contribution >= 0.6 is 0 Å². The van der Waals surface area contributed by atoms with Crippen molar-refractivity contribution >= 4 is 0 Å². The first-order valence-electron chi connectivity index (χ1n) is 6.05.